The van der Waals surface area contributed by atoms with Crippen LogP contribution in [0, 0.1) is 6.92 Å². The third-order valence-electron chi connectivity index (χ3n) is 3.03. The van der Waals surface area contributed by atoms with E-state index in [4.69, 9.17) is 5.73 Å². The summed E-state index contributed by atoms with van der Waals surface area (Å²) in [6, 6.07) is 7.79. The average Bonchev–Trinajstić information content (AvgIpc) is 2.38. The van der Waals surface area contributed by atoms with Gasteiger partial charge in [0.1, 0.15) is 0 Å². The van der Waals surface area contributed by atoms with Crippen molar-refractivity contribution in [3.63, 3.8) is 0 Å². The quantitative estimate of drug-likeness (QED) is 0.485. The lowest BCUT2D eigenvalue weighted by molar-refractivity contribution is 0.585. The Labute approximate surface area is 114 Å². The molecular weight excluding hydrogens is 218 g/mol. The molecule has 0 unspecified atom stereocenters. The molecule has 1 aromatic rings. The van der Waals surface area contributed by atoms with Gasteiger partial charge in [0.25, 0.3) is 0 Å². The molecule has 0 amide bonds. The van der Waals surface area contributed by atoms with Gasteiger partial charge in [0, 0.05) is 5.69 Å². The van der Waals surface area contributed by atoms with E-state index in [0.29, 0.717) is 0 Å². The van der Waals surface area contributed by atoms with Crippen LogP contribution in [-0.4, -0.2) is 0 Å². The number of unbranched alkanes of at least 4 members (excludes halogenated alkanes) is 7. The van der Waals surface area contributed by atoms with E-state index >= 15 is 0 Å². The molecule has 0 aliphatic carbocycles. The Morgan fingerprint density at radius 1 is 0.722 bits per heavy atom. The second-order valence-electron chi connectivity index (χ2n) is 5.03. The van der Waals surface area contributed by atoms with Gasteiger partial charge in [-0.3, -0.25) is 0 Å². The third kappa shape index (κ3) is 11.5. The van der Waals surface area contributed by atoms with Crippen molar-refractivity contribution in [3.05, 3.63) is 29.8 Å². The molecule has 0 aromatic heterocycles. The van der Waals surface area contributed by atoms with E-state index < -0.39 is 0 Å². The van der Waals surface area contributed by atoms with E-state index in [9.17, 15) is 0 Å². The minimum absolute atomic E-state index is 0.829. The number of nitrogen functional groups attached to an aromatic ring is 1. The smallest absolute Gasteiger partial charge is 0.0314 e. The van der Waals surface area contributed by atoms with Gasteiger partial charge in [0.05, 0.1) is 0 Å². The summed E-state index contributed by atoms with van der Waals surface area (Å²) in [6.07, 6.45) is 11.5. The zero-order chi connectivity index (χ0) is 13.6. The largest absolute Gasteiger partial charge is 0.399 e. The summed E-state index contributed by atoms with van der Waals surface area (Å²) in [7, 11) is 0. The van der Waals surface area contributed by atoms with Crippen molar-refractivity contribution in [3.8, 4) is 0 Å². The van der Waals surface area contributed by atoms with Gasteiger partial charge in [-0.25, -0.2) is 0 Å². The lowest BCUT2D eigenvalue weighted by Gasteiger charge is -1.97. The molecule has 0 aliphatic rings. The molecule has 0 fully saturated rings. The van der Waals surface area contributed by atoms with E-state index in [0.717, 1.165) is 5.69 Å². The van der Waals surface area contributed by atoms with Gasteiger partial charge in [-0.15, -0.1) is 0 Å². The molecule has 0 heterocycles. The van der Waals surface area contributed by atoms with Crippen molar-refractivity contribution in [2.24, 2.45) is 0 Å². The van der Waals surface area contributed by atoms with Crippen LogP contribution in [0.25, 0.3) is 0 Å². The van der Waals surface area contributed by atoms with Crippen molar-refractivity contribution in [2.75, 3.05) is 5.73 Å². The summed E-state index contributed by atoms with van der Waals surface area (Å²) in [5, 5.41) is 0. The molecule has 0 radical (unpaired) electrons. The molecular formula is C17H31N. The molecule has 1 rings (SSSR count). The number of rotatable bonds is 7. The molecule has 18 heavy (non-hydrogen) atoms. The first-order valence-corrected chi connectivity index (χ1v) is 7.52. The maximum Gasteiger partial charge on any atom is 0.0314 e. The molecule has 1 nitrogen and oxygen atoms in total. The van der Waals surface area contributed by atoms with Crippen molar-refractivity contribution in [1.82, 2.24) is 0 Å². The first-order valence-electron chi connectivity index (χ1n) is 7.52. The number of nitrogens with two attached hydrogens (primary N) is 1. The minimum Gasteiger partial charge on any atom is -0.399 e. The fourth-order valence-electron chi connectivity index (χ4n) is 1.77. The molecule has 0 saturated heterocycles. The van der Waals surface area contributed by atoms with Crippen LogP contribution in [0.2, 0.25) is 0 Å². The van der Waals surface area contributed by atoms with E-state index in [1.54, 1.807) is 0 Å². The van der Waals surface area contributed by atoms with Gasteiger partial charge in [-0.2, -0.15) is 0 Å². The van der Waals surface area contributed by atoms with Crippen LogP contribution in [0.4, 0.5) is 5.69 Å². The molecule has 0 spiro atoms. The van der Waals surface area contributed by atoms with Gasteiger partial charge in [0.15, 0.2) is 0 Å². The summed E-state index contributed by atoms with van der Waals surface area (Å²) in [5.74, 6) is 0. The van der Waals surface area contributed by atoms with Crippen molar-refractivity contribution in [2.45, 2.75) is 72.1 Å². The lowest BCUT2D eigenvalue weighted by atomic mass is 10.1. The lowest BCUT2D eigenvalue weighted by Crippen LogP contribution is -1.81. The van der Waals surface area contributed by atoms with E-state index in [1.165, 1.54) is 56.9 Å². The summed E-state index contributed by atoms with van der Waals surface area (Å²) < 4.78 is 0. The standard InChI is InChI=1S/C10H22.C7H9N/c1-3-5-7-9-10-8-6-4-2;1-6-2-4-7(8)5-3-6/h3-10H2,1-2H3;2-5H,8H2,1H3. The fourth-order valence-corrected chi connectivity index (χ4v) is 1.77. The van der Waals surface area contributed by atoms with Gasteiger partial charge < -0.3 is 5.73 Å². The highest BCUT2D eigenvalue weighted by molar-refractivity contribution is 5.38. The Morgan fingerprint density at radius 2 is 1.11 bits per heavy atom. The Bertz CT molecular complexity index is 234. The second kappa shape index (κ2) is 12.5. The molecule has 1 heteroatoms. The fraction of sp³-hybridized carbons (Fsp3) is 0.647. The van der Waals surface area contributed by atoms with Gasteiger partial charge in [0.2, 0.25) is 0 Å². The van der Waals surface area contributed by atoms with Crippen LogP contribution in [0.3, 0.4) is 0 Å². The predicted molar refractivity (Wildman–Crippen MR) is 83.9 cm³/mol. The predicted octanol–water partition coefficient (Wildman–Crippen LogP) is 5.72. The average molecular weight is 249 g/mol. The maximum atomic E-state index is 5.43. The van der Waals surface area contributed by atoms with Crippen molar-refractivity contribution >= 4 is 5.69 Å². The molecule has 104 valence electrons. The molecule has 0 aliphatic heterocycles. The topological polar surface area (TPSA) is 26.0 Å². The summed E-state index contributed by atoms with van der Waals surface area (Å²) in [4.78, 5) is 0. The van der Waals surface area contributed by atoms with Gasteiger partial charge in [-0.05, 0) is 19.1 Å². The minimum atomic E-state index is 0.829. The number of aryl methyl sites for hydroxylation is 1. The van der Waals surface area contributed by atoms with E-state index in [-0.39, 0.29) is 0 Å². The zero-order valence-electron chi connectivity index (χ0n) is 12.5. The molecule has 0 saturated carbocycles. The number of hydrogen-bond acceptors (Lipinski definition) is 1. The highest BCUT2D eigenvalue weighted by Gasteiger charge is 1.87. The third-order valence-corrected chi connectivity index (χ3v) is 3.03. The van der Waals surface area contributed by atoms with Gasteiger partial charge in [-0.1, -0.05) is 82.9 Å². The van der Waals surface area contributed by atoms with Crippen LogP contribution in [0.15, 0.2) is 24.3 Å². The Morgan fingerprint density at radius 3 is 1.44 bits per heavy atom. The molecule has 2 N–H and O–H groups in total. The highest BCUT2D eigenvalue weighted by Crippen LogP contribution is 2.07. The summed E-state index contributed by atoms with van der Waals surface area (Å²) in [6.45, 7) is 6.58. The summed E-state index contributed by atoms with van der Waals surface area (Å²) >= 11 is 0. The molecule has 0 bridgehead atoms. The van der Waals surface area contributed by atoms with E-state index in [1.807, 2.05) is 31.2 Å². The number of hydrogen-bond donors (Lipinski definition) is 1. The first-order chi connectivity index (χ1) is 8.70. The van der Waals surface area contributed by atoms with Crippen LogP contribution in [0.1, 0.15) is 70.8 Å². The molecule has 1 aromatic carbocycles. The second-order valence-corrected chi connectivity index (χ2v) is 5.03. The van der Waals surface area contributed by atoms with Crippen LogP contribution < -0.4 is 5.73 Å². The highest BCUT2D eigenvalue weighted by atomic mass is 14.5. The Balaban J connectivity index is 0.000000327. The van der Waals surface area contributed by atoms with E-state index in [2.05, 4.69) is 13.8 Å². The van der Waals surface area contributed by atoms with Gasteiger partial charge >= 0.3 is 0 Å². The van der Waals surface area contributed by atoms with Crippen molar-refractivity contribution < 1.29 is 0 Å². The maximum absolute atomic E-state index is 5.43. The van der Waals surface area contributed by atoms with Crippen LogP contribution in [-0.2, 0) is 0 Å². The number of benzene rings is 1. The van der Waals surface area contributed by atoms with Crippen LogP contribution >= 0.6 is 0 Å². The first kappa shape index (κ1) is 17.0. The normalized spacial score (nSPS) is 9.72. The Kier molecular flexibility index (Phi) is 11.8. The van der Waals surface area contributed by atoms with Crippen molar-refractivity contribution in [1.29, 1.82) is 0 Å². The Hall–Kier alpha value is -0.980. The SMILES string of the molecule is CCCCCCCCCC.Cc1ccc(N)cc1. The number of anilines is 1. The zero-order valence-corrected chi connectivity index (χ0v) is 12.5. The molecule has 0 atom stereocenters. The van der Waals surface area contributed by atoms with Crippen LogP contribution in [0.5, 0.6) is 0 Å². The summed E-state index contributed by atoms with van der Waals surface area (Å²) in [5.41, 5.74) is 7.51. The monoisotopic (exact) mass is 249 g/mol.